The summed E-state index contributed by atoms with van der Waals surface area (Å²) in [4.78, 5) is 20.6. The maximum atomic E-state index is 12.2. The van der Waals surface area contributed by atoms with Gasteiger partial charge in [-0.3, -0.25) is 9.79 Å². The second-order valence-corrected chi connectivity index (χ2v) is 5.97. The zero-order chi connectivity index (χ0) is 17.9. The van der Waals surface area contributed by atoms with Crippen molar-refractivity contribution in [2.75, 3.05) is 39.8 Å². The largest absolute Gasteiger partial charge is 0.357 e. The summed E-state index contributed by atoms with van der Waals surface area (Å²) in [5.41, 5.74) is 1.16. The van der Waals surface area contributed by atoms with Crippen LogP contribution in [0.25, 0.3) is 0 Å². The minimum absolute atomic E-state index is 0. The summed E-state index contributed by atoms with van der Waals surface area (Å²) >= 11 is 6.00. The number of guanidine groups is 1. The minimum atomic E-state index is 0. The van der Waals surface area contributed by atoms with E-state index in [0.717, 1.165) is 42.6 Å². The van der Waals surface area contributed by atoms with Gasteiger partial charge in [-0.2, -0.15) is 0 Å². The lowest BCUT2D eigenvalue weighted by Crippen LogP contribution is -2.45. The molecule has 1 aromatic rings. The molecule has 0 aliphatic carbocycles. The molecule has 25 heavy (non-hydrogen) atoms. The number of carbonyl (C=O) groups excluding carboxylic acids is 1. The monoisotopic (exact) mass is 480 g/mol. The molecule has 0 aromatic heterocycles. The number of nitrogens with zero attached hydrogens (tertiary/aromatic N) is 3. The van der Waals surface area contributed by atoms with E-state index in [0.29, 0.717) is 13.1 Å². The van der Waals surface area contributed by atoms with Crippen LogP contribution in [0.3, 0.4) is 0 Å². The first-order chi connectivity index (χ1) is 11.5. The third kappa shape index (κ3) is 8.76. The van der Waals surface area contributed by atoms with Crippen LogP contribution in [0.15, 0.2) is 29.3 Å². The molecule has 0 aliphatic heterocycles. The van der Waals surface area contributed by atoms with Crippen LogP contribution in [-0.2, 0) is 11.2 Å². The molecular formula is C18H30ClIN4O. The number of carbonyl (C=O) groups is 1. The van der Waals surface area contributed by atoms with E-state index in [-0.39, 0.29) is 29.9 Å². The Morgan fingerprint density at radius 1 is 1.24 bits per heavy atom. The maximum Gasteiger partial charge on any atom is 0.242 e. The van der Waals surface area contributed by atoms with Gasteiger partial charge in [-0.25, -0.2) is 0 Å². The number of nitrogens with one attached hydrogen (secondary N) is 1. The molecule has 0 saturated heterocycles. The predicted molar refractivity (Wildman–Crippen MR) is 117 cm³/mol. The Morgan fingerprint density at radius 2 is 1.92 bits per heavy atom. The van der Waals surface area contributed by atoms with Crippen molar-refractivity contribution in [1.29, 1.82) is 0 Å². The van der Waals surface area contributed by atoms with E-state index in [9.17, 15) is 4.79 Å². The Hall–Kier alpha value is -1.02. The van der Waals surface area contributed by atoms with E-state index in [1.165, 1.54) is 0 Å². The fourth-order valence-electron chi connectivity index (χ4n) is 2.41. The summed E-state index contributed by atoms with van der Waals surface area (Å²) in [7, 11) is 1.89. The van der Waals surface area contributed by atoms with E-state index in [2.05, 4.69) is 10.3 Å². The molecule has 0 aliphatic rings. The molecule has 0 unspecified atom stereocenters. The zero-order valence-corrected chi connectivity index (χ0v) is 18.7. The van der Waals surface area contributed by atoms with Gasteiger partial charge in [-0.15, -0.1) is 24.0 Å². The molecule has 1 amide bonds. The number of amides is 1. The van der Waals surface area contributed by atoms with Crippen molar-refractivity contribution < 1.29 is 4.79 Å². The van der Waals surface area contributed by atoms with Crippen LogP contribution in [0.4, 0.5) is 0 Å². The van der Waals surface area contributed by atoms with Gasteiger partial charge in [0, 0.05) is 38.2 Å². The first kappa shape index (κ1) is 24.0. The van der Waals surface area contributed by atoms with Crippen LogP contribution < -0.4 is 5.32 Å². The van der Waals surface area contributed by atoms with Crippen molar-refractivity contribution in [3.8, 4) is 0 Å². The van der Waals surface area contributed by atoms with Crippen LogP contribution in [0.5, 0.6) is 0 Å². The molecule has 0 atom stereocenters. The Kier molecular flexibility index (Phi) is 12.7. The topological polar surface area (TPSA) is 47.9 Å². The molecule has 142 valence electrons. The average molecular weight is 481 g/mol. The van der Waals surface area contributed by atoms with Gasteiger partial charge in [0.1, 0.15) is 0 Å². The molecule has 0 bridgehead atoms. The fourth-order valence-corrected chi connectivity index (χ4v) is 2.62. The lowest BCUT2D eigenvalue weighted by Gasteiger charge is -2.25. The van der Waals surface area contributed by atoms with Gasteiger partial charge in [0.15, 0.2) is 5.96 Å². The van der Waals surface area contributed by atoms with E-state index in [1.54, 1.807) is 0 Å². The number of likely N-dealkylation sites (N-methyl/N-ethyl adjacent to an activating group) is 2. The first-order valence-corrected chi connectivity index (χ1v) is 8.91. The van der Waals surface area contributed by atoms with Crippen molar-refractivity contribution >= 4 is 47.4 Å². The quantitative estimate of drug-likeness (QED) is 0.353. The highest BCUT2D eigenvalue weighted by Gasteiger charge is 2.14. The second kappa shape index (κ2) is 13.2. The van der Waals surface area contributed by atoms with Gasteiger partial charge < -0.3 is 15.1 Å². The highest BCUT2D eigenvalue weighted by Crippen LogP contribution is 2.11. The van der Waals surface area contributed by atoms with Crippen LogP contribution in [-0.4, -0.2) is 61.4 Å². The summed E-state index contributed by atoms with van der Waals surface area (Å²) in [6, 6.07) is 7.81. The predicted octanol–water partition coefficient (Wildman–Crippen LogP) is 3.27. The lowest BCUT2D eigenvalue weighted by atomic mass is 10.1. The minimum Gasteiger partial charge on any atom is -0.357 e. The normalized spacial score (nSPS) is 10.8. The van der Waals surface area contributed by atoms with E-state index in [4.69, 9.17) is 11.6 Å². The lowest BCUT2D eigenvalue weighted by molar-refractivity contribution is -0.131. The van der Waals surface area contributed by atoms with Gasteiger partial charge in [0.2, 0.25) is 5.91 Å². The average Bonchev–Trinajstić information content (AvgIpc) is 2.55. The van der Waals surface area contributed by atoms with Crippen molar-refractivity contribution in [2.24, 2.45) is 4.99 Å². The number of hydrogen-bond donors (Lipinski definition) is 1. The van der Waals surface area contributed by atoms with Crippen LogP contribution in [0, 0.1) is 0 Å². The number of benzene rings is 1. The molecule has 0 saturated carbocycles. The highest BCUT2D eigenvalue weighted by molar-refractivity contribution is 14.0. The van der Waals surface area contributed by atoms with Gasteiger partial charge in [-0.05, 0) is 44.9 Å². The van der Waals surface area contributed by atoms with E-state index in [1.807, 2.05) is 61.9 Å². The maximum absolute atomic E-state index is 12.2. The standard InChI is InChI=1S/C18H29ClN4O.HI/c1-5-20-18(22(4)14-17(24)23(6-2)7-3)21-12-11-15-9-8-10-16(19)13-15;/h8-10,13H,5-7,11-12,14H2,1-4H3,(H,20,21);1H. The van der Waals surface area contributed by atoms with Gasteiger partial charge >= 0.3 is 0 Å². The summed E-state index contributed by atoms with van der Waals surface area (Å²) in [6.07, 6.45) is 0.813. The molecule has 0 radical (unpaired) electrons. The Morgan fingerprint density at radius 3 is 2.48 bits per heavy atom. The third-order valence-electron chi connectivity index (χ3n) is 3.74. The van der Waals surface area contributed by atoms with Crippen LogP contribution in [0.1, 0.15) is 26.3 Å². The molecule has 0 spiro atoms. The van der Waals surface area contributed by atoms with Crippen molar-refractivity contribution in [3.05, 3.63) is 34.9 Å². The number of halogens is 2. The summed E-state index contributed by atoms with van der Waals surface area (Å²) in [6.45, 7) is 9.19. The molecule has 0 heterocycles. The van der Waals surface area contributed by atoms with Crippen molar-refractivity contribution in [2.45, 2.75) is 27.2 Å². The Labute approximate surface area is 173 Å². The highest BCUT2D eigenvalue weighted by atomic mass is 127. The summed E-state index contributed by atoms with van der Waals surface area (Å²) in [5.74, 6) is 0.864. The van der Waals surface area contributed by atoms with Gasteiger partial charge in [-0.1, -0.05) is 23.7 Å². The van der Waals surface area contributed by atoms with Crippen LogP contribution in [0.2, 0.25) is 5.02 Å². The molecule has 0 fully saturated rings. The van der Waals surface area contributed by atoms with Crippen LogP contribution >= 0.6 is 35.6 Å². The third-order valence-corrected chi connectivity index (χ3v) is 3.97. The number of aliphatic imine (C=N–C) groups is 1. The van der Waals surface area contributed by atoms with Crippen molar-refractivity contribution in [3.63, 3.8) is 0 Å². The Balaban J connectivity index is 0.00000576. The summed E-state index contributed by atoms with van der Waals surface area (Å²) < 4.78 is 0. The number of hydrogen-bond acceptors (Lipinski definition) is 2. The molecule has 1 aromatic carbocycles. The zero-order valence-electron chi connectivity index (χ0n) is 15.6. The van der Waals surface area contributed by atoms with Gasteiger partial charge in [0.05, 0.1) is 6.54 Å². The first-order valence-electron chi connectivity index (χ1n) is 8.53. The second-order valence-electron chi connectivity index (χ2n) is 5.54. The number of rotatable bonds is 8. The molecule has 5 nitrogen and oxygen atoms in total. The molecule has 1 rings (SSSR count). The van der Waals surface area contributed by atoms with E-state index >= 15 is 0 Å². The Bertz CT molecular complexity index is 550. The molecule has 7 heteroatoms. The summed E-state index contributed by atoms with van der Waals surface area (Å²) in [5, 5.41) is 3.98. The SMILES string of the molecule is CCNC(=NCCc1cccc(Cl)c1)N(C)CC(=O)N(CC)CC.I. The van der Waals surface area contributed by atoms with E-state index < -0.39 is 0 Å². The smallest absolute Gasteiger partial charge is 0.242 e. The van der Waals surface area contributed by atoms with Crippen molar-refractivity contribution in [1.82, 2.24) is 15.1 Å². The fraction of sp³-hybridized carbons (Fsp3) is 0.556. The van der Waals surface area contributed by atoms with Gasteiger partial charge in [0.25, 0.3) is 0 Å². The molecule has 1 N–H and O–H groups in total. The molecular weight excluding hydrogens is 451 g/mol.